The number of esters is 1. The fourth-order valence-corrected chi connectivity index (χ4v) is 3.07. The summed E-state index contributed by atoms with van der Waals surface area (Å²) in [6.45, 7) is 10.3. The first-order valence-electron chi connectivity index (χ1n) is 14.8. The minimum absolute atomic E-state index is 0.245. The SMILES string of the molecule is COC(=O)CCOCCOCCOCCOCCOCCOCCOCCOCCOCCOCCOc1ccccc1. The van der Waals surface area contributed by atoms with Gasteiger partial charge in [0.25, 0.3) is 0 Å². The predicted molar refractivity (Wildman–Crippen MR) is 157 cm³/mol. The van der Waals surface area contributed by atoms with Crippen molar-refractivity contribution in [3.05, 3.63) is 30.3 Å². The first-order chi connectivity index (χ1) is 21.3. The van der Waals surface area contributed by atoms with Gasteiger partial charge in [0.05, 0.1) is 146 Å². The van der Waals surface area contributed by atoms with Crippen LogP contribution in [0.1, 0.15) is 6.42 Å². The highest BCUT2D eigenvalue weighted by Gasteiger charge is 1.99. The fourth-order valence-electron chi connectivity index (χ4n) is 3.07. The van der Waals surface area contributed by atoms with Gasteiger partial charge < -0.3 is 56.8 Å². The van der Waals surface area contributed by atoms with E-state index in [4.69, 9.17) is 52.1 Å². The lowest BCUT2D eigenvalue weighted by Gasteiger charge is -2.09. The van der Waals surface area contributed by atoms with Crippen molar-refractivity contribution in [3.8, 4) is 5.75 Å². The molecule has 1 rings (SSSR count). The molecule has 0 saturated carbocycles. The van der Waals surface area contributed by atoms with Gasteiger partial charge in [-0.05, 0) is 12.1 Å². The zero-order valence-corrected chi connectivity index (χ0v) is 25.8. The van der Waals surface area contributed by atoms with Gasteiger partial charge in [-0.3, -0.25) is 4.79 Å². The maximum absolute atomic E-state index is 10.9. The number of carbonyl (C=O) groups is 1. The van der Waals surface area contributed by atoms with Gasteiger partial charge in [0, 0.05) is 0 Å². The van der Waals surface area contributed by atoms with Crippen LogP contribution in [0.3, 0.4) is 0 Å². The summed E-state index contributed by atoms with van der Waals surface area (Å²) in [6, 6.07) is 9.66. The van der Waals surface area contributed by atoms with Crippen LogP contribution in [0.4, 0.5) is 0 Å². The molecule has 0 fully saturated rings. The van der Waals surface area contributed by atoms with Gasteiger partial charge in [0.15, 0.2) is 0 Å². The molecule has 43 heavy (non-hydrogen) atoms. The van der Waals surface area contributed by atoms with Crippen molar-refractivity contribution in [1.82, 2.24) is 0 Å². The van der Waals surface area contributed by atoms with Gasteiger partial charge in [0.1, 0.15) is 12.4 Å². The Labute approximate surface area is 256 Å². The fraction of sp³-hybridized carbons (Fsp3) is 0.767. The second-order valence-corrected chi connectivity index (χ2v) is 8.61. The van der Waals surface area contributed by atoms with Gasteiger partial charge in [-0.2, -0.15) is 0 Å². The van der Waals surface area contributed by atoms with Crippen LogP contribution in [0, 0.1) is 0 Å². The first-order valence-corrected chi connectivity index (χ1v) is 14.8. The molecule has 0 aliphatic rings. The van der Waals surface area contributed by atoms with E-state index in [2.05, 4.69) is 4.74 Å². The van der Waals surface area contributed by atoms with Crippen LogP contribution in [0.15, 0.2) is 30.3 Å². The second kappa shape index (κ2) is 33.0. The van der Waals surface area contributed by atoms with Crippen molar-refractivity contribution in [1.29, 1.82) is 0 Å². The number of hydrogen-bond donors (Lipinski definition) is 0. The molecule has 0 aliphatic carbocycles. The van der Waals surface area contributed by atoms with Crippen LogP contribution in [-0.2, 0) is 56.9 Å². The van der Waals surface area contributed by atoms with E-state index in [1.54, 1.807) is 0 Å². The van der Waals surface area contributed by atoms with E-state index < -0.39 is 0 Å². The van der Waals surface area contributed by atoms with E-state index in [0.29, 0.717) is 139 Å². The van der Waals surface area contributed by atoms with Crippen LogP contribution >= 0.6 is 0 Å². The molecule has 0 heterocycles. The molecular weight excluding hydrogens is 568 g/mol. The van der Waals surface area contributed by atoms with Crippen molar-refractivity contribution in [2.45, 2.75) is 6.42 Å². The third-order valence-corrected chi connectivity index (χ3v) is 5.27. The largest absolute Gasteiger partial charge is 0.491 e. The normalized spacial score (nSPS) is 11.2. The molecule has 0 saturated heterocycles. The Hall–Kier alpha value is -1.91. The highest BCUT2D eigenvalue weighted by molar-refractivity contribution is 5.69. The summed E-state index contributed by atoms with van der Waals surface area (Å²) in [5.74, 6) is 0.556. The Morgan fingerprint density at radius 3 is 1.00 bits per heavy atom. The molecule has 13 nitrogen and oxygen atoms in total. The van der Waals surface area contributed by atoms with Gasteiger partial charge in [-0.1, -0.05) is 18.2 Å². The van der Waals surface area contributed by atoms with Crippen molar-refractivity contribution < 1.29 is 61.6 Å². The van der Waals surface area contributed by atoms with E-state index in [1.165, 1.54) is 7.11 Å². The van der Waals surface area contributed by atoms with Crippen LogP contribution in [0.2, 0.25) is 0 Å². The molecule has 0 aliphatic heterocycles. The number of methoxy groups -OCH3 is 1. The van der Waals surface area contributed by atoms with E-state index >= 15 is 0 Å². The van der Waals surface area contributed by atoms with Crippen molar-refractivity contribution >= 4 is 5.97 Å². The van der Waals surface area contributed by atoms with Crippen LogP contribution in [0.5, 0.6) is 5.75 Å². The zero-order valence-electron chi connectivity index (χ0n) is 25.8. The van der Waals surface area contributed by atoms with Crippen molar-refractivity contribution in [3.63, 3.8) is 0 Å². The number of hydrogen-bond acceptors (Lipinski definition) is 13. The Kier molecular flexibility index (Phi) is 30.0. The summed E-state index contributed by atoms with van der Waals surface area (Å²) in [5.41, 5.74) is 0. The Balaban J connectivity index is 1.62. The van der Waals surface area contributed by atoms with Crippen molar-refractivity contribution in [2.24, 2.45) is 0 Å². The molecule has 0 spiro atoms. The molecular formula is C30H52O13. The molecule has 0 radical (unpaired) electrons. The number of ether oxygens (including phenoxy) is 12. The third-order valence-electron chi connectivity index (χ3n) is 5.27. The molecule has 0 aromatic heterocycles. The van der Waals surface area contributed by atoms with Gasteiger partial charge in [-0.15, -0.1) is 0 Å². The minimum Gasteiger partial charge on any atom is -0.491 e. The van der Waals surface area contributed by atoms with Gasteiger partial charge >= 0.3 is 5.97 Å². The lowest BCUT2D eigenvalue weighted by molar-refractivity contribution is -0.141. The maximum Gasteiger partial charge on any atom is 0.307 e. The smallest absolute Gasteiger partial charge is 0.307 e. The highest BCUT2D eigenvalue weighted by Crippen LogP contribution is 2.07. The molecule has 1 aromatic rings. The summed E-state index contributed by atoms with van der Waals surface area (Å²) in [4.78, 5) is 10.9. The van der Waals surface area contributed by atoms with Gasteiger partial charge in [-0.25, -0.2) is 0 Å². The topological polar surface area (TPSA) is 128 Å². The standard InChI is InChI=1S/C30H52O13/c1-32-30(31)7-8-33-9-10-34-11-12-35-13-14-36-15-16-37-17-18-38-19-20-39-21-22-40-23-24-41-25-26-42-27-28-43-29-5-3-2-4-6-29/h2-6H,7-28H2,1H3. The van der Waals surface area contributed by atoms with E-state index in [-0.39, 0.29) is 12.4 Å². The molecule has 250 valence electrons. The monoisotopic (exact) mass is 620 g/mol. The van der Waals surface area contributed by atoms with E-state index in [1.807, 2.05) is 30.3 Å². The van der Waals surface area contributed by atoms with Crippen LogP contribution < -0.4 is 4.74 Å². The van der Waals surface area contributed by atoms with Crippen LogP contribution in [-0.4, -0.2) is 152 Å². The number of benzene rings is 1. The summed E-state index contributed by atoms with van der Waals surface area (Å²) in [7, 11) is 1.35. The predicted octanol–water partition coefficient (Wildman–Crippen LogP) is 1.79. The van der Waals surface area contributed by atoms with Crippen LogP contribution in [0.25, 0.3) is 0 Å². The maximum atomic E-state index is 10.9. The summed E-state index contributed by atoms with van der Waals surface area (Å²) >= 11 is 0. The number of carbonyl (C=O) groups excluding carboxylic acids is 1. The Morgan fingerprint density at radius 2 is 0.698 bits per heavy atom. The molecule has 0 N–H and O–H groups in total. The minimum atomic E-state index is -0.285. The lowest BCUT2D eigenvalue weighted by atomic mass is 10.3. The second-order valence-electron chi connectivity index (χ2n) is 8.61. The molecule has 0 atom stereocenters. The first kappa shape index (κ1) is 39.1. The van der Waals surface area contributed by atoms with E-state index in [9.17, 15) is 4.79 Å². The Bertz CT molecular complexity index is 696. The summed E-state index contributed by atoms with van der Waals surface area (Å²) in [5, 5.41) is 0. The van der Waals surface area contributed by atoms with E-state index in [0.717, 1.165) is 5.75 Å². The average molecular weight is 621 g/mol. The molecule has 0 bridgehead atoms. The summed E-state index contributed by atoms with van der Waals surface area (Å²) < 4.78 is 64.3. The quantitative estimate of drug-likeness (QED) is 0.0821. The number of para-hydroxylation sites is 1. The summed E-state index contributed by atoms with van der Waals surface area (Å²) in [6.07, 6.45) is 0.245. The Morgan fingerprint density at radius 1 is 0.419 bits per heavy atom. The molecule has 13 heteroatoms. The molecule has 1 aromatic carbocycles. The average Bonchev–Trinajstić information content (AvgIpc) is 3.03. The van der Waals surface area contributed by atoms with Gasteiger partial charge in [0.2, 0.25) is 0 Å². The lowest BCUT2D eigenvalue weighted by Crippen LogP contribution is -2.15. The molecule has 0 amide bonds. The third kappa shape index (κ3) is 29.9. The highest BCUT2D eigenvalue weighted by atomic mass is 16.6. The zero-order chi connectivity index (χ0) is 30.7. The molecule has 0 unspecified atom stereocenters. The number of rotatable bonds is 34. The van der Waals surface area contributed by atoms with Crippen molar-refractivity contribution in [2.75, 3.05) is 146 Å².